The molecule has 22 heavy (non-hydrogen) atoms. The van der Waals surface area contributed by atoms with Crippen molar-refractivity contribution in [3.8, 4) is 17.2 Å². The SMILES string of the molecule is COc1cc(OC)c(OC)cc1/C=C/C(=O)c1cc(Br)cs1. The molecule has 2 rings (SSSR count). The van der Waals surface area contributed by atoms with Gasteiger partial charge in [0.05, 0.1) is 26.2 Å². The van der Waals surface area contributed by atoms with Crippen LogP contribution in [0.15, 0.2) is 34.1 Å². The third-order valence-corrected chi connectivity index (χ3v) is 4.67. The van der Waals surface area contributed by atoms with Crippen molar-refractivity contribution in [2.45, 2.75) is 0 Å². The number of thiophene rings is 1. The molecular weight excluding hydrogens is 368 g/mol. The van der Waals surface area contributed by atoms with Crippen LogP contribution in [0.3, 0.4) is 0 Å². The second kappa shape index (κ2) is 7.47. The zero-order chi connectivity index (χ0) is 16.1. The number of hydrogen-bond acceptors (Lipinski definition) is 5. The third-order valence-electron chi connectivity index (χ3n) is 2.96. The molecule has 0 aliphatic heterocycles. The van der Waals surface area contributed by atoms with E-state index >= 15 is 0 Å². The predicted molar refractivity (Wildman–Crippen MR) is 91.5 cm³/mol. The molecule has 0 saturated heterocycles. The Bertz CT molecular complexity index is 706. The number of allylic oxidation sites excluding steroid dienone is 1. The van der Waals surface area contributed by atoms with Crippen LogP contribution in [0.1, 0.15) is 15.2 Å². The largest absolute Gasteiger partial charge is 0.496 e. The van der Waals surface area contributed by atoms with E-state index in [2.05, 4.69) is 15.9 Å². The van der Waals surface area contributed by atoms with Crippen molar-refractivity contribution in [2.24, 2.45) is 0 Å². The van der Waals surface area contributed by atoms with Gasteiger partial charge in [-0.25, -0.2) is 0 Å². The summed E-state index contributed by atoms with van der Waals surface area (Å²) in [5.41, 5.74) is 0.740. The molecule has 1 heterocycles. The Kier molecular flexibility index (Phi) is 5.63. The van der Waals surface area contributed by atoms with Crippen molar-refractivity contribution in [1.29, 1.82) is 0 Å². The van der Waals surface area contributed by atoms with Crippen LogP contribution >= 0.6 is 27.3 Å². The first-order valence-corrected chi connectivity index (χ1v) is 8.02. The van der Waals surface area contributed by atoms with E-state index in [0.717, 1.165) is 10.0 Å². The van der Waals surface area contributed by atoms with E-state index in [-0.39, 0.29) is 5.78 Å². The predicted octanol–water partition coefficient (Wildman–Crippen LogP) is 4.43. The van der Waals surface area contributed by atoms with Crippen molar-refractivity contribution in [3.05, 3.63) is 44.6 Å². The molecule has 116 valence electrons. The molecule has 0 fully saturated rings. The monoisotopic (exact) mass is 382 g/mol. The number of methoxy groups -OCH3 is 3. The minimum atomic E-state index is -0.0625. The van der Waals surface area contributed by atoms with Crippen LogP contribution < -0.4 is 14.2 Å². The average molecular weight is 383 g/mol. The van der Waals surface area contributed by atoms with Gasteiger partial charge in [-0.15, -0.1) is 11.3 Å². The maximum atomic E-state index is 12.1. The van der Waals surface area contributed by atoms with Gasteiger partial charge >= 0.3 is 0 Å². The van der Waals surface area contributed by atoms with E-state index in [9.17, 15) is 4.79 Å². The summed E-state index contributed by atoms with van der Waals surface area (Å²) in [6, 6.07) is 5.29. The van der Waals surface area contributed by atoms with Crippen LogP contribution in [-0.4, -0.2) is 27.1 Å². The van der Waals surface area contributed by atoms with Gasteiger partial charge in [-0.2, -0.15) is 0 Å². The standard InChI is InChI=1S/C16H15BrO4S/c1-19-13-8-15(21-3)14(20-2)6-10(13)4-5-12(18)16-7-11(17)9-22-16/h4-9H,1-3H3/b5-4+. The van der Waals surface area contributed by atoms with E-state index < -0.39 is 0 Å². The maximum absolute atomic E-state index is 12.1. The molecule has 0 N–H and O–H groups in total. The van der Waals surface area contributed by atoms with Gasteiger partial charge in [0.2, 0.25) is 0 Å². The molecule has 1 aromatic heterocycles. The van der Waals surface area contributed by atoms with Crippen LogP contribution in [0.4, 0.5) is 0 Å². The summed E-state index contributed by atoms with van der Waals surface area (Å²) < 4.78 is 16.7. The number of rotatable bonds is 6. The zero-order valence-electron chi connectivity index (χ0n) is 12.4. The van der Waals surface area contributed by atoms with Crippen LogP contribution in [0.2, 0.25) is 0 Å². The summed E-state index contributed by atoms with van der Waals surface area (Å²) >= 11 is 4.73. The molecule has 1 aromatic carbocycles. The molecule has 6 heteroatoms. The molecule has 0 aliphatic rings. The highest BCUT2D eigenvalue weighted by atomic mass is 79.9. The highest BCUT2D eigenvalue weighted by molar-refractivity contribution is 9.10. The van der Waals surface area contributed by atoms with Crippen LogP contribution in [0, 0.1) is 0 Å². The lowest BCUT2D eigenvalue weighted by Crippen LogP contribution is -1.95. The Labute approximate surface area is 141 Å². The topological polar surface area (TPSA) is 44.8 Å². The molecule has 4 nitrogen and oxygen atoms in total. The Hall–Kier alpha value is -1.79. The number of ether oxygens (including phenoxy) is 3. The molecule has 0 unspecified atom stereocenters. The van der Waals surface area contributed by atoms with Gasteiger partial charge in [0.15, 0.2) is 17.3 Å². The summed E-state index contributed by atoms with van der Waals surface area (Å²) in [6.45, 7) is 0. The summed E-state index contributed by atoms with van der Waals surface area (Å²) in [7, 11) is 4.69. The Morgan fingerprint density at radius 1 is 1.05 bits per heavy atom. The van der Waals surface area contributed by atoms with Crippen LogP contribution in [0.5, 0.6) is 17.2 Å². The fraction of sp³-hybridized carbons (Fsp3) is 0.188. The zero-order valence-corrected chi connectivity index (χ0v) is 14.8. The Balaban J connectivity index is 2.31. The van der Waals surface area contributed by atoms with Gasteiger partial charge in [0.1, 0.15) is 5.75 Å². The molecular formula is C16H15BrO4S. The summed E-state index contributed by atoms with van der Waals surface area (Å²) in [5, 5.41) is 1.87. The normalized spacial score (nSPS) is 10.7. The van der Waals surface area contributed by atoms with E-state index in [1.807, 2.05) is 5.38 Å². The molecule has 0 spiro atoms. The lowest BCUT2D eigenvalue weighted by atomic mass is 10.1. The summed E-state index contributed by atoms with van der Waals surface area (Å²) in [4.78, 5) is 12.8. The number of benzene rings is 1. The summed E-state index contributed by atoms with van der Waals surface area (Å²) in [5.74, 6) is 1.70. The quantitative estimate of drug-likeness (QED) is 0.547. The molecule has 0 bridgehead atoms. The first kappa shape index (κ1) is 16.6. The second-order valence-corrected chi connectivity index (χ2v) is 6.10. The van der Waals surface area contributed by atoms with Crippen molar-refractivity contribution in [2.75, 3.05) is 21.3 Å². The fourth-order valence-corrected chi connectivity index (χ4v) is 3.22. The van der Waals surface area contributed by atoms with Crippen molar-refractivity contribution >= 4 is 39.1 Å². The highest BCUT2D eigenvalue weighted by Crippen LogP contribution is 2.35. The third kappa shape index (κ3) is 3.69. The Morgan fingerprint density at radius 2 is 1.68 bits per heavy atom. The van der Waals surface area contributed by atoms with E-state index in [1.165, 1.54) is 17.4 Å². The minimum Gasteiger partial charge on any atom is -0.496 e. The number of hydrogen-bond donors (Lipinski definition) is 0. The van der Waals surface area contributed by atoms with E-state index in [1.54, 1.807) is 45.6 Å². The van der Waals surface area contributed by atoms with Crippen molar-refractivity contribution < 1.29 is 19.0 Å². The van der Waals surface area contributed by atoms with Gasteiger partial charge in [-0.1, -0.05) is 0 Å². The van der Waals surface area contributed by atoms with E-state index in [4.69, 9.17) is 14.2 Å². The lowest BCUT2D eigenvalue weighted by molar-refractivity contribution is 0.105. The van der Waals surface area contributed by atoms with Gasteiger partial charge < -0.3 is 14.2 Å². The second-order valence-electron chi connectivity index (χ2n) is 4.28. The molecule has 0 radical (unpaired) electrons. The first-order chi connectivity index (χ1) is 10.6. The first-order valence-electron chi connectivity index (χ1n) is 6.35. The molecule has 0 saturated carbocycles. The maximum Gasteiger partial charge on any atom is 0.195 e. The van der Waals surface area contributed by atoms with Gasteiger partial charge in [0, 0.05) is 21.5 Å². The van der Waals surface area contributed by atoms with Crippen LogP contribution in [0.25, 0.3) is 6.08 Å². The number of ketones is 1. The van der Waals surface area contributed by atoms with Gasteiger partial charge in [0.25, 0.3) is 0 Å². The minimum absolute atomic E-state index is 0.0625. The molecule has 0 atom stereocenters. The fourth-order valence-electron chi connectivity index (χ4n) is 1.87. The van der Waals surface area contributed by atoms with Gasteiger partial charge in [-0.3, -0.25) is 4.79 Å². The lowest BCUT2D eigenvalue weighted by Gasteiger charge is -2.12. The van der Waals surface area contributed by atoms with E-state index in [0.29, 0.717) is 22.1 Å². The highest BCUT2D eigenvalue weighted by Gasteiger charge is 2.11. The smallest absolute Gasteiger partial charge is 0.195 e. The van der Waals surface area contributed by atoms with Gasteiger partial charge in [-0.05, 0) is 40.2 Å². The summed E-state index contributed by atoms with van der Waals surface area (Å²) in [6.07, 6.45) is 3.22. The number of carbonyl (C=O) groups excluding carboxylic acids is 1. The molecule has 0 amide bonds. The molecule has 2 aromatic rings. The average Bonchev–Trinajstić information content (AvgIpc) is 2.98. The van der Waals surface area contributed by atoms with Crippen LogP contribution in [-0.2, 0) is 0 Å². The Morgan fingerprint density at radius 3 is 2.23 bits per heavy atom. The van der Waals surface area contributed by atoms with Crippen molar-refractivity contribution in [3.63, 3.8) is 0 Å². The number of carbonyl (C=O) groups is 1. The van der Waals surface area contributed by atoms with Crippen molar-refractivity contribution in [1.82, 2.24) is 0 Å². The molecule has 0 aliphatic carbocycles. The number of halogens is 1.